The Balaban J connectivity index is 1.42. The van der Waals surface area contributed by atoms with E-state index in [4.69, 9.17) is 4.74 Å². The molecule has 0 heterocycles. The van der Waals surface area contributed by atoms with E-state index in [-0.39, 0.29) is 17.1 Å². The maximum absolute atomic E-state index is 12.6. The van der Waals surface area contributed by atoms with E-state index in [2.05, 4.69) is 19.9 Å². The number of ketones is 1. The molecule has 0 amide bonds. The van der Waals surface area contributed by atoms with E-state index >= 15 is 0 Å². The molecule has 0 aliphatic heterocycles. The summed E-state index contributed by atoms with van der Waals surface area (Å²) in [6, 6.07) is 0. The number of carbonyl (C=O) groups is 3. The molecule has 4 aliphatic rings. The monoisotopic (exact) mass is 464 g/mol. The lowest BCUT2D eigenvalue weighted by Crippen LogP contribution is -2.51. The summed E-state index contributed by atoms with van der Waals surface area (Å²) in [5.74, 6) is 0.795. The van der Waals surface area contributed by atoms with Crippen LogP contribution in [0, 0.1) is 28.6 Å². The Morgan fingerprint density at radius 1 is 1.06 bits per heavy atom. The van der Waals surface area contributed by atoms with Crippen LogP contribution in [-0.4, -0.2) is 69.0 Å². The number of esters is 1. The fraction of sp³-hybridized carbons (Fsp3) is 0.800. The second-order valence-electron chi connectivity index (χ2n) is 11.0. The smallest absolute Gasteiger partial charge is 0.338 e. The van der Waals surface area contributed by atoms with Gasteiger partial charge in [-0.25, -0.2) is 4.79 Å². The summed E-state index contributed by atoms with van der Waals surface area (Å²) in [5, 5.41) is 39.0. The number of aliphatic hydroxyl groups excluding tert-OH is 4. The molecule has 8 nitrogen and oxygen atoms in total. The SMILES string of the molecule is C[C@]12CC[C@H](OC(=O)[C@@H](O)[C@@H](O)[C@H](O)[C@@H](O)C=O)CC1=CC[C@@H]1[C@@H]2CC[C@]2(C)C(=O)CC[C@@H]12. The predicted octanol–water partition coefficient (Wildman–Crippen LogP) is 1.07. The van der Waals surface area contributed by atoms with Gasteiger partial charge in [0.1, 0.15) is 30.2 Å². The molecule has 0 radical (unpaired) electrons. The van der Waals surface area contributed by atoms with Crippen LogP contribution in [0.4, 0.5) is 0 Å². The quantitative estimate of drug-likeness (QED) is 0.260. The van der Waals surface area contributed by atoms with E-state index in [1.54, 1.807) is 0 Å². The summed E-state index contributed by atoms with van der Waals surface area (Å²) in [7, 11) is 0. The van der Waals surface area contributed by atoms with Crippen molar-refractivity contribution in [1.29, 1.82) is 0 Å². The Morgan fingerprint density at radius 3 is 2.42 bits per heavy atom. The molecule has 0 saturated heterocycles. The maximum atomic E-state index is 12.6. The number of Topliss-reactive ketones (excluding diaryl/α,β-unsaturated/α-hetero) is 1. The van der Waals surface area contributed by atoms with Crippen LogP contribution >= 0.6 is 0 Å². The summed E-state index contributed by atoms with van der Waals surface area (Å²) >= 11 is 0. The standard InChI is InChI=1S/C25H36O8/c1-24-9-7-14(33-23(32)22(31)21(30)20(29)18(27)12-26)11-13(24)3-4-15-16-5-6-19(28)25(16,2)10-8-17(15)24/h3,12,14-18,20-22,27,29-31H,4-11H2,1-2H3/t14-,15-,16-,17-,18-,20+,21-,22-,24-,25-/m0/s1. The average Bonchev–Trinajstić information content (AvgIpc) is 3.11. The molecule has 0 aromatic carbocycles. The van der Waals surface area contributed by atoms with Crippen molar-refractivity contribution >= 4 is 18.0 Å². The second-order valence-corrected chi connectivity index (χ2v) is 11.0. The molecule has 0 spiro atoms. The molecule has 184 valence electrons. The summed E-state index contributed by atoms with van der Waals surface area (Å²) in [5.41, 5.74) is 1.09. The molecule has 3 saturated carbocycles. The van der Waals surface area contributed by atoms with Crippen LogP contribution in [0.1, 0.15) is 65.2 Å². The van der Waals surface area contributed by atoms with Gasteiger partial charge in [-0.3, -0.25) is 4.79 Å². The molecule has 33 heavy (non-hydrogen) atoms. The van der Waals surface area contributed by atoms with Gasteiger partial charge in [0.15, 0.2) is 12.4 Å². The molecule has 10 atom stereocenters. The molecule has 0 unspecified atom stereocenters. The molecular weight excluding hydrogens is 428 g/mol. The van der Waals surface area contributed by atoms with Crippen LogP contribution in [0.25, 0.3) is 0 Å². The zero-order valence-corrected chi connectivity index (χ0v) is 19.4. The summed E-state index contributed by atoms with van der Waals surface area (Å²) in [6.45, 7) is 4.45. The van der Waals surface area contributed by atoms with E-state index in [0.29, 0.717) is 42.8 Å². The average molecular weight is 465 g/mol. The number of hydrogen-bond donors (Lipinski definition) is 4. The van der Waals surface area contributed by atoms with Gasteiger partial charge in [0.25, 0.3) is 0 Å². The molecule has 4 N–H and O–H groups in total. The van der Waals surface area contributed by atoms with Crippen molar-refractivity contribution in [3.8, 4) is 0 Å². The number of aldehydes is 1. The van der Waals surface area contributed by atoms with E-state index in [1.165, 1.54) is 5.57 Å². The first-order chi connectivity index (χ1) is 15.5. The Bertz CT molecular complexity index is 838. The van der Waals surface area contributed by atoms with E-state index in [9.17, 15) is 34.8 Å². The number of hydrogen-bond acceptors (Lipinski definition) is 8. The Hall–Kier alpha value is -1.61. The van der Waals surface area contributed by atoms with Crippen LogP contribution in [0.5, 0.6) is 0 Å². The zero-order valence-electron chi connectivity index (χ0n) is 19.4. The minimum atomic E-state index is -2.07. The number of fused-ring (bicyclic) bond motifs is 5. The zero-order chi connectivity index (χ0) is 24.1. The lowest BCUT2D eigenvalue weighted by molar-refractivity contribution is -0.176. The van der Waals surface area contributed by atoms with Crippen molar-refractivity contribution in [2.75, 3.05) is 0 Å². The van der Waals surface area contributed by atoms with Gasteiger partial charge < -0.3 is 30.0 Å². The molecule has 0 bridgehead atoms. The first kappa shape index (κ1) is 24.5. The normalized spacial score (nSPS) is 41.5. The number of ether oxygens (including phenoxy) is 1. The van der Waals surface area contributed by atoms with Crippen molar-refractivity contribution < 1.29 is 39.5 Å². The highest BCUT2D eigenvalue weighted by Crippen LogP contribution is 2.64. The molecule has 8 heteroatoms. The largest absolute Gasteiger partial charge is 0.460 e. The van der Waals surface area contributed by atoms with Gasteiger partial charge in [0, 0.05) is 18.3 Å². The maximum Gasteiger partial charge on any atom is 0.338 e. The highest BCUT2D eigenvalue weighted by molar-refractivity contribution is 5.87. The molecule has 4 aliphatic carbocycles. The van der Waals surface area contributed by atoms with Gasteiger partial charge >= 0.3 is 5.97 Å². The van der Waals surface area contributed by atoms with E-state index in [1.807, 2.05) is 0 Å². The van der Waals surface area contributed by atoms with Gasteiger partial charge in [0.2, 0.25) is 0 Å². The Morgan fingerprint density at radius 2 is 1.73 bits per heavy atom. The first-order valence-corrected chi connectivity index (χ1v) is 12.1. The third-order valence-corrected chi connectivity index (χ3v) is 9.45. The molecule has 4 rings (SSSR count). The highest BCUT2D eigenvalue weighted by Gasteiger charge is 2.58. The summed E-state index contributed by atoms with van der Waals surface area (Å²) < 4.78 is 5.45. The minimum absolute atomic E-state index is 0.00118. The highest BCUT2D eigenvalue weighted by atomic mass is 16.6. The summed E-state index contributed by atoms with van der Waals surface area (Å²) in [6.07, 6.45) is 0.424. The van der Waals surface area contributed by atoms with Crippen molar-refractivity contribution in [3.05, 3.63) is 11.6 Å². The van der Waals surface area contributed by atoms with Gasteiger partial charge in [-0.05, 0) is 61.7 Å². The molecule has 0 aromatic rings. The summed E-state index contributed by atoms with van der Waals surface area (Å²) in [4.78, 5) is 35.5. The van der Waals surface area contributed by atoms with Gasteiger partial charge in [-0.15, -0.1) is 0 Å². The molecular formula is C25H36O8. The van der Waals surface area contributed by atoms with E-state index in [0.717, 1.165) is 32.1 Å². The number of rotatable bonds is 6. The van der Waals surface area contributed by atoms with Crippen LogP contribution in [0.15, 0.2) is 11.6 Å². The number of aliphatic hydroxyl groups is 4. The minimum Gasteiger partial charge on any atom is -0.460 e. The van der Waals surface area contributed by atoms with Crippen LogP contribution < -0.4 is 0 Å². The third-order valence-electron chi connectivity index (χ3n) is 9.45. The lowest BCUT2D eigenvalue weighted by atomic mass is 9.48. The molecule has 0 aromatic heterocycles. The fourth-order valence-electron chi connectivity index (χ4n) is 7.34. The van der Waals surface area contributed by atoms with Crippen molar-refractivity contribution in [1.82, 2.24) is 0 Å². The van der Waals surface area contributed by atoms with Crippen molar-refractivity contribution in [2.45, 2.75) is 95.7 Å². The van der Waals surface area contributed by atoms with Gasteiger partial charge in [0.05, 0.1) is 0 Å². The van der Waals surface area contributed by atoms with E-state index < -0.39 is 36.5 Å². The van der Waals surface area contributed by atoms with Crippen LogP contribution in [0.2, 0.25) is 0 Å². The second kappa shape index (κ2) is 8.87. The predicted molar refractivity (Wildman–Crippen MR) is 117 cm³/mol. The Labute approximate surface area is 194 Å². The van der Waals surface area contributed by atoms with Gasteiger partial charge in [-0.2, -0.15) is 0 Å². The topological polar surface area (TPSA) is 141 Å². The van der Waals surface area contributed by atoms with Crippen molar-refractivity contribution in [3.63, 3.8) is 0 Å². The lowest BCUT2D eigenvalue weighted by Gasteiger charge is -2.56. The third kappa shape index (κ3) is 3.99. The van der Waals surface area contributed by atoms with Crippen LogP contribution in [-0.2, 0) is 19.1 Å². The number of allylic oxidation sites excluding steroid dienone is 1. The molecule has 3 fully saturated rings. The first-order valence-electron chi connectivity index (χ1n) is 12.1. The van der Waals surface area contributed by atoms with Crippen molar-refractivity contribution in [2.24, 2.45) is 28.6 Å². The van der Waals surface area contributed by atoms with Crippen LogP contribution in [0.3, 0.4) is 0 Å². The number of carbonyl (C=O) groups excluding carboxylic acids is 3. The Kier molecular flexibility index (Phi) is 6.59. The fourth-order valence-corrected chi connectivity index (χ4v) is 7.34. The van der Waals surface area contributed by atoms with Gasteiger partial charge in [-0.1, -0.05) is 25.5 Å².